The van der Waals surface area contributed by atoms with E-state index in [0.717, 1.165) is 0 Å². The predicted octanol–water partition coefficient (Wildman–Crippen LogP) is -0.153. The zero-order chi connectivity index (χ0) is 9.78. The first-order valence-corrected chi connectivity index (χ1v) is 3.57. The van der Waals surface area contributed by atoms with Crippen molar-refractivity contribution in [2.45, 2.75) is 25.6 Å². The number of ether oxygens (including phenoxy) is 1. The first-order valence-electron chi connectivity index (χ1n) is 3.57. The Hall–Kier alpha value is -0.870. The molecule has 0 rings (SSSR count). The summed E-state index contributed by atoms with van der Waals surface area (Å²) >= 11 is 0. The summed E-state index contributed by atoms with van der Waals surface area (Å²) < 4.78 is 4.51. The molecule has 0 aromatic rings. The molecule has 2 N–H and O–H groups in total. The highest BCUT2D eigenvalue weighted by Crippen LogP contribution is 2.09. The number of aliphatic hydroxyl groups is 2. The number of hydrogen-bond donors (Lipinski definition) is 2. The Balaban J connectivity index is 4.02. The van der Waals surface area contributed by atoms with Crippen LogP contribution in [0.5, 0.6) is 0 Å². The first kappa shape index (κ1) is 11.1. The van der Waals surface area contributed by atoms with Gasteiger partial charge in [-0.1, -0.05) is 12.7 Å². The number of carbonyl (C=O) groups excluding carboxylic acids is 1. The molecule has 0 spiro atoms. The van der Waals surface area contributed by atoms with Gasteiger partial charge in [0.15, 0.2) is 6.10 Å². The highest BCUT2D eigenvalue weighted by atomic mass is 16.5. The third-order valence-electron chi connectivity index (χ3n) is 1.24. The SMILES string of the molecule is C=CCOC(=O)[C@@H](O)C(C)(C)O. The smallest absolute Gasteiger partial charge is 0.338 e. The zero-order valence-corrected chi connectivity index (χ0v) is 7.28. The highest BCUT2D eigenvalue weighted by molar-refractivity contribution is 5.75. The molecule has 1 atom stereocenters. The van der Waals surface area contributed by atoms with Gasteiger partial charge in [0.25, 0.3) is 0 Å². The Labute approximate surface area is 71.5 Å². The van der Waals surface area contributed by atoms with Crippen molar-refractivity contribution in [2.24, 2.45) is 0 Å². The Morgan fingerprint density at radius 1 is 1.75 bits per heavy atom. The summed E-state index contributed by atoms with van der Waals surface area (Å²) in [6.45, 7) is 6.02. The van der Waals surface area contributed by atoms with Gasteiger partial charge in [0.2, 0.25) is 0 Å². The van der Waals surface area contributed by atoms with Crippen LogP contribution in [-0.4, -0.2) is 34.5 Å². The molecule has 0 aromatic carbocycles. The molecule has 0 saturated heterocycles. The molecule has 4 heteroatoms. The lowest BCUT2D eigenvalue weighted by molar-refractivity contribution is -0.164. The van der Waals surface area contributed by atoms with Gasteiger partial charge in [-0.2, -0.15) is 0 Å². The average molecular weight is 174 g/mol. The van der Waals surface area contributed by atoms with E-state index in [-0.39, 0.29) is 6.61 Å². The van der Waals surface area contributed by atoms with Gasteiger partial charge in [-0.25, -0.2) is 4.79 Å². The van der Waals surface area contributed by atoms with Crippen LogP contribution in [0.25, 0.3) is 0 Å². The first-order chi connectivity index (χ1) is 5.39. The van der Waals surface area contributed by atoms with E-state index >= 15 is 0 Å². The molecule has 0 unspecified atom stereocenters. The van der Waals surface area contributed by atoms with Crippen molar-refractivity contribution >= 4 is 5.97 Å². The van der Waals surface area contributed by atoms with E-state index < -0.39 is 17.7 Å². The number of hydrogen-bond acceptors (Lipinski definition) is 4. The van der Waals surface area contributed by atoms with Gasteiger partial charge in [0.05, 0.1) is 5.60 Å². The third kappa shape index (κ3) is 3.50. The maximum atomic E-state index is 10.9. The summed E-state index contributed by atoms with van der Waals surface area (Å²) in [5.74, 6) is -0.845. The van der Waals surface area contributed by atoms with E-state index in [0.29, 0.717) is 0 Å². The quantitative estimate of drug-likeness (QED) is 0.459. The van der Waals surface area contributed by atoms with Crippen LogP contribution in [0.15, 0.2) is 12.7 Å². The molecule has 0 heterocycles. The van der Waals surface area contributed by atoms with Crippen LogP contribution in [0.3, 0.4) is 0 Å². The monoisotopic (exact) mass is 174 g/mol. The molecule has 0 aliphatic heterocycles. The van der Waals surface area contributed by atoms with Crippen LogP contribution >= 0.6 is 0 Å². The van der Waals surface area contributed by atoms with Crippen molar-refractivity contribution in [3.05, 3.63) is 12.7 Å². The van der Waals surface area contributed by atoms with Crippen LogP contribution in [0, 0.1) is 0 Å². The fourth-order valence-electron chi connectivity index (χ4n) is 0.508. The van der Waals surface area contributed by atoms with Crippen LogP contribution in [0.2, 0.25) is 0 Å². The number of rotatable bonds is 4. The molecule has 4 nitrogen and oxygen atoms in total. The van der Waals surface area contributed by atoms with Crippen molar-refractivity contribution in [1.82, 2.24) is 0 Å². The minimum atomic E-state index is -1.52. The summed E-state index contributed by atoms with van der Waals surface area (Å²) in [6, 6.07) is 0. The summed E-state index contributed by atoms with van der Waals surface area (Å²) in [5, 5.41) is 18.3. The molecular weight excluding hydrogens is 160 g/mol. The molecule has 0 bridgehead atoms. The second-order valence-electron chi connectivity index (χ2n) is 2.97. The van der Waals surface area contributed by atoms with Crippen molar-refractivity contribution in [1.29, 1.82) is 0 Å². The summed E-state index contributed by atoms with van der Waals surface area (Å²) in [6.07, 6.45) is -0.132. The fourth-order valence-corrected chi connectivity index (χ4v) is 0.508. The van der Waals surface area contributed by atoms with E-state index in [1.807, 2.05) is 0 Å². The maximum absolute atomic E-state index is 10.9. The molecule has 0 aliphatic rings. The Kier molecular flexibility index (Phi) is 3.92. The van der Waals surface area contributed by atoms with E-state index in [2.05, 4.69) is 11.3 Å². The van der Waals surface area contributed by atoms with E-state index in [1.165, 1.54) is 19.9 Å². The standard InChI is InChI=1S/C8H14O4/c1-4-5-12-7(10)6(9)8(2,3)11/h4,6,9,11H,1,5H2,2-3H3/t6-/m1/s1. The van der Waals surface area contributed by atoms with Gasteiger partial charge in [-0.3, -0.25) is 0 Å². The molecule has 0 aromatic heterocycles. The summed E-state index contributed by atoms with van der Waals surface area (Å²) in [5.41, 5.74) is -1.47. The number of carbonyl (C=O) groups is 1. The normalized spacial score (nSPS) is 13.7. The Bertz CT molecular complexity index is 168. The molecule has 0 fully saturated rings. The molecule has 12 heavy (non-hydrogen) atoms. The minimum absolute atomic E-state index is 0.0337. The molecule has 70 valence electrons. The average Bonchev–Trinajstić information content (AvgIpc) is 1.97. The number of esters is 1. The van der Waals surface area contributed by atoms with E-state index in [4.69, 9.17) is 5.11 Å². The summed E-state index contributed by atoms with van der Waals surface area (Å²) in [7, 11) is 0. The van der Waals surface area contributed by atoms with Crippen molar-refractivity contribution < 1.29 is 19.7 Å². The third-order valence-corrected chi connectivity index (χ3v) is 1.24. The van der Waals surface area contributed by atoms with Crippen LogP contribution in [0.4, 0.5) is 0 Å². The maximum Gasteiger partial charge on any atom is 0.338 e. The summed E-state index contributed by atoms with van der Waals surface area (Å²) in [4.78, 5) is 10.9. The lowest BCUT2D eigenvalue weighted by atomic mass is 10.0. The van der Waals surface area contributed by atoms with Crippen LogP contribution in [-0.2, 0) is 9.53 Å². The Morgan fingerprint density at radius 3 is 2.58 bits per heavy atom. The van der Waals surface area contributed by atoms with Crippen LogP contribution in [0.1, 0.15) is 13.8 Å². The highest BCUT2D eigenvalue weighted by Gasteiger charge is 2.32. The van der Waals surface area contributed by atoms with Gasteiger partial charge >= 0.3 is 5.97 Å². The van der Waals surface area contributed by atoms with Gasteiger partial charge in [-0.15, -0.1) is 0 Å². The molecular formula is C8H14O4. The van der Waals surface area contributed by atoms with Crippen molar-refractivity contribution in [3.8, 4) is 0 Å². The van der Waals surface area contributed by atoms with E-state index in [1.54, 1.807) is 0 Å². The molecule has 0 amide bonds. The second-order valence-corrected chi connectivity index (χ2v) is 2.97. The zero-order valence-electron chi connectivity index (χ0n) is 7.28. The predicted molar refractivity (Wildman–Crippen MR) is 43.5 cm³/mol. The van der Waals surface area contributed by atoms with Crippen molar-refractivity contribution in [2.75, 3.05) is 6.61 Å². The van der Waals surface area contributed by atoms with Gasteiger partial charge in [0.1, 0.15) is 6.61 Å². The van der Waals surface area contributed by atoms with Crippen molar-refractivity contribution in [3.63, 3.8) is 0 Å². The molecule has 0 saturated carbocycles. The minimum Gasteiger partial charge on any atom is -0.459 e. The van der Waals surface area contributed by atoms with Gasteiger partial charge < -0.3 is 14.9 Å². The Morgan fingerprint density at radius 2 is 2.25 bits per heavy atom. The van der Waals surface area contributed by atoms with Gasteiger partial charge in [-0.05, 0) is 13.8 Å². The molecule has 0 radical (unpaired) electrons. The lowest BCUT2D eigenvalue weighted by Gasteiger charge is -2.22. The lowest BCUT2D eigenvalue weighted by Crippen LogP contribution is -2.43. The van der Waals surface area contributed by atoms with Gasteiger partial charge in [0, 0.05) is 0 Å². The van der Waals surface area contributed by atoms with Crippen LogP contribution < -0.4 is 0 Å². The topological polar surface area (TPSA) is 66.8 Å². The number of aliphatic hydroxyl groups excluding tert-OH is 1. The second kappa shape index (κ2) is 4.23. The molecule has 0 aliphatic carbocycles. The van der Waals surface area contributed by atoms with E-state index in [9.17, 15) is 9.90 Å². The fraction of sp³-hybridized carbons (Fsp3) is 0.625. The largest absolute Gasteiger partial charge is 0.459 e.